The van der Waals surface area contributed by atoms with Crippen molar-refractivity contribution in [2.75, 3.05) is 6.61 Å². The van der Waals surface area contributed by atoms with Crippen molar-refractivity contribution in [2.45, 2.75) is 6.92 Å². The summed E-state index contributed by atoms with van der Waals surface area (Å²) in [7, 11) is 0. The zero-order valence-electron chi connectivity index (χ0n) is 8.36. The van der Waals surface area contributed by atoms with E-state index in [-0.39, 0.29) is 17.8 Å². The highest BCUT2D eigenvalue weighted by atomic mass is 79.9. The number of halogens is 1. The number of fused-ring (bicyclic) bond motifs is 1. The summed E-state index contributed by atoms with van der Waals surface area (Å²) in [5.74, 6) is -0.648. The summed E-state index contributed by atoms with van der Waals surface area (Å²) >= 11 is 3.14. The van der Waals surface area contributed by atoms with Crippen LogP contribution in [0.3, 0.4) is 0 Å². The van der Waals surface area contributed by atoms with Crippen LogP contribution in [-0.4, -0.2) is 27.2 Å². The van der Waals surface area contributed by atoms with Crippen molar-refractivity contribution in [2.24, 2.45) is 0 Å². The molecule has 2 aromatic heterocycles. The number of H-pyrrole nitrogens is 1. The molecule has 2 rings (SSSR count). The van der Waals surface area contributed by atoms with Crippen molar-refractivity contribution < 1.29 is 9.53 Å². The standard InChI is InChI=1S/C9H8BrN3O3/c1-2-16-9(15)5-3-11-13-4-6(10)12-8(13)7(5)14/h3-4,11H,2H2,1H3. The monoisotopic (exact) mass is 285 g/mol. The van der Waals surface area contributed by atoms with Crippen molar-refractivity contribution in [3.63, 3.8) is 0 Å². The maximum atomic E-state index is 11.8. The van der Waals surface area contributed by atoms with Crippen molar-refractivity contribution in [1.82, 2.24) is 14.6 Å². The first-order valence-electron chi connectivity index (χ1n) is 4.57. The van der Waals surface area contributed by atoms with E-state index < -0.39 is 11.4 Å². The van der Waals surface area contributed by atoms with Gasteiger partial charge in [-0.25, -0.2) is 14.3 Å². The number of nitrogens with one attached hydrogen (secondary N) is 1. The number of aromatic amines is 1. The minimum Gasteiger partial charge on any atom is -0.462 e. The number of ether oxygens (including phenoxy) is 1. The fourth-order valence-electron chi connectivity index (χ4n) is 1.29. The SMILES string of the molecule is CCOC(=O)c1c[nH]n2cc(Br)nc2c1=O. The van der Waals surface area contributed by atoms with Gasteiger partial charge in [-0.15, -0.1) is 0 Å². The van der Waals surface area contributed by atoms with Crippen LogP contribution < -0.4 is 5.43 Å². The van der Waals surface area contributed by atoms with Gasteiger partial charge in [0.1, 0.15) is 10.2 Å². The summed E-state index contributed by atoms with van der Waals surface area (Å²) in [5.41, 5.74) is -0.354. The maximum absolute atomic E-state index is 11.8. The lowest BCUT2D eigenvalue weighted by Gasteiger charge is -2.00. The number of aromatic nitrogens is 3. The third-order valence-electron chi connectivity index (χ3n) is 1.97. The molecule has 0 amide bonds. The molecule has 0 aliphatic carbocycles. The van der Waals surface area contributed by atoms with Crippen molar-refractivity contribution in [3.8, 4) is 0 Å². The van der Waals surface area contributed by atoms with Crippen LogP contribution in [0.15, 0.2) is 21.8 Å². The minimum absolute atomic E-state index is 0.0487. The third kappa shape index (κ3) is 1.73. The summed E-state index contributed by atoms with van der Waals surface area (Å²) < 4.78 is 6.70. The third-order valence-corrected chi connectivity index (χ3v) is 2.35. The van der Waals surface area contributed by atoms with E-state index in [0.29, 0.717) is 4.60 Å². The first kappa shape index (κ1) is 10.9. The minimum atomic E-state index is -0.648. The Morgan fingerprint density at radius 1 is 1.69 bits per heavy atom. The molecule has 0 bridgehead atoms. The van der Waals surface area contributed by atoms with Crippen LogP contribution in [0, 0.1) is 0 Å². The number of hydrogen-bond donors (Lipinski definition) is 1. The van der Waals surface area contributed by atoms with Crippen LogP contribution in [-0.2, 0) is 4.74 Å². The second kappa shape index (κ2) is 4.09. The van der Waals surface area contributed by atoms with E-state index in [1.165, 1.54) is 10.7 Å². The topological polar surface area (TPSA) is 76.5 Å². The predicted molar refractivity (Wildman–Crippen MR) is 59.5 cm³/mol. The van der Waals surface area contributed by atoms with E-state index in [1.54, 1.807) is 13.1 Å². The molecule has 0 aliphatic rings. The molecule has 1 N–H and O–H groups in total. The van der Waals surface area contributed by atoms with Gasteiger partial charge in [-0.3, -0.25) is 9.89 Å². The second-order valence-electron chi connectivity index (χ2n) is 2.99. The maximum Gasteiger partial charge on any atom is 0.343 e. The molecule has 0 saturated heterocycles. The van der Waals surface area contributed by atoms with E-state index in [0.717, 1.165) is 0 Å². The molecule has 2 aromatic rings. The molecule has 2 heterocycles. The molecule has 0 atom stereocenters. The molecule has 6 nitrogen and oxygen atoms in total. The highest BCUT2D eigenvalue weighted by Gasteiger charge is 2.15. The fraction of sp³-hybridized carbons (Fsp3) is 0.222. The Morgan fingerprint density at radius 3 is 3.12 bits per heavy atom. The first-order chi connectivity index (χ1) is 7.63. The van der Waals surface area contributed by atoms with E-state index in [2.05, 4.69) is 26.0 Å². The summed E-state index contributed by atoms with van der Waals surface area (Å²) in [4.78, 5) is 27.2. The summed E-state index contributed by atoms with van der Waals surface area (Å²) in [6.07, 6.45) is 2.90. The highest BCUT2D eigenvalue weighted by molar-refractivity contribution is 9.10. The van der Waals surface area contributed by atoms with Crippen molar-refractivity contribution >= 4 is 27.5 Å². The fourth-order valence-corrected chi connectivity index (χ4v) is 1.66. The molecule has 0 aromatic carbocycles. The van der Waals surface area contributed by atoms with Crippen molar-refractivity contribution in [1.29, 1.82) is 0 Å². The van der Waals surface area contributed by atoms with Gasteiger partial charge in [-0.05, 0) is 22.9 Å². The number of carbonyl (C=O) groups is 1. The molecule has 0 unspecified atom stereocenters. The van der Waals surface area contributed by atoms with Crippen molar-refractivity contribution in [3.05, 3.63) is 32.8 Å². The molecule has 84 valence electrons. The van der Waals surface area contributed by atoms with Gasteiger partial charge in [-0.1, -0.05) is 0 Å². The average molecular weight is 286 g/mol. The van der Waals surface area contributed by atoms with Gasteiger partial charge in [0.15, 0.2) is 0 Å². The lowest BCUT2D eigenvalue weighted by molar-refractivity contribution is 0.0524. The number of esters is 1. The van der Waals surface area contributed by atoms with Crippen LogP contribution in [0.25, 0.3) is 5.65 Å². The molecule has 0 radical (unpaired) electrons. The summed E-state index contributed by atoms with van der Waals surface area (Å²) in [6.45, 7) is 1.90. The average Bonchev–Trinajstić information content (AvgIpc) is 2.60. The molecular formula is C9H8BrN3O3. The van der Waals surface area contributed by atoms with E-state index >= 15 is 0 Å². The molecule has 0 fully saturated rings. The molecule has 0 spiro atoms. The lowest BCUT2D eigenvalue weighted by atomic mass is 10.3. The number of hydrogen-bond acceptors (Lipinski definition) is 4. The van der Waals surface area contributed by atoms with Gasteiger partial charge in [0.05, 0.1) is 12.8 Å². The van der Waals surface area contributed by atoms with E-state index in [4.69, 9.17) is 4.74 Å². The number of imidazole rings is 1. The number of rotatable bonds is 2. The smallest absolute Gasteiger partial charge is 0.343 e. The van der Waals surface area contributed by atoms with Gasteiger partial charge in [0.2, 0.25) is 11.1 Å². The largest absolute Gasteiger partial charge is 0.462 e. The second-order valence-corrected chi connectivity index (χ2v) is 3.81. The van der Waals surface area contributed by atoms with Gasteiger partial charge < -0.3 is 4.74 Å². The number of carbonyl (C=O) groups excluding carboxylic acids is 1. The van der Waals surface area contributed by atoms with E-state index in [1.807, 2.05) is 0 Å². The zero-order chi connectivity index (χ0) is 11.7. The Morgan fingerprint density at radius 2 is 2.44 bits per heavy atom. The van der Waals surface area contributed by atoms with Gasteiger partial charge in [0.25, 0.3) is 0 Å². The van der Waals surface area contributed by atoms with Crippen LogP contribution in [0.4, 0.5) is 0 Å². The Bertz CT molecular complexity index is 602. The van der Waals surface area contributed by atoms with Crippen LogP contribution in [0.2, 0.25) is 0 Å². The summed E-state index contributed by atoms with van der Waals surface area (Å²) in [5, 5.41) is 2.74. The Labute approximate surface area is 98.4 Å². The quantitative estimate of drug-likeness (QED) is 0.834. The number of nitrogens with zero attached hydrogens (tertiary/aromatic N) is 2. The molecule has 16 heavy (non-hydrogen) atoms. The van der Waals surface area contributed by atoms with Gasteiger partial charge >= 0.3 is 5.97 Å². The normalized spacial score (nSPS) is 10.6. The van der Waals surface area contributed by atoms with Gasteiger partial charge in [0, 0.05) is 6.20 Å². The molecule has 0 aliphatic heterocycles. The molecular weight excluding hydrogens is 278 g/mol. The lowest BCUT2D eigenvalue weighted by Crippen LogP contribution is -2.20. The highest BCUT2D eigenvalue weighted by Crippen LogP contribution is 2.07. The van der Waals surface area contributed by atoms with Crippen LogP contribution >= 0.6 is 15.9 Å². The Balaban J connectivity index is 2.60. The summed E-state index contributed by atoms with van der Waals surface area (Å²) in [6, 6.07) is 0. The van der Waals surface area contributed by atoms with Crippen LogP contribution in [0.1, 0.15) is 17.3 Å². The van der Waals surface area contributed by atoms with Gasteiger partial charge in [-0.2, -0.15) is 0 Å². The van der Waals surface area contributed by atoms with Crippen LogP contribution in [0.5, 0.6) is 0 Å². The Hall–Kier alpha value is -1.63. The molecule has 7 heteroatoms. The zero-order valence-corrected chi connectivity index (χ0v) is 9.94. The first-order valence-corrected chi connectivity index (χ1v) is 5.36. The van der Waals surface area contributed by atoms with E-state index in [9.17, 15) is 9.59 Å². The Kier molecular flexibility index (Phi) is 2.78. The predicted octanol–water partition coefficient (Wildman–Crippen LogP) is 0.962. The molecule has 0 saturated carbocycles.